The van der Waals surface area contributed by atoms with E-state index in [4.69, 9.17) is 4.74 Å². The highest BCUT2D eigenvalue weighted by atomic mass is 19.1. The number of rotatable bonds is 3. The van der Waals surface area contributed by atoms with E-state index < -0.39 is 17.7 Å². The fraction of sp³-hybridized carbons (Fsp3) is 0.143. The molecule has 0 saturated heterocycles. The third kappa shape index (κ3) is 2.65. The predicted octanol–water partition coefficient (Wildman–Crippen LogP) is 3.81. The van der Waals surface area contributed by atoms with Gasteiger partial charge in [-0.2, -0.15) is 0 Å². The first-order valence-electron chi connectivity index (χ1n) is 5.48. The lowest BCUT2D eigenvalue weighted by Crippen LogP contribution is -1.99. The van der Waals surface area contributed by atoms with Crippen LogP contribution in [0.2, 0.25) is 0 Å². The van der Waals surface area contributed by atoms with E-state index in [1.54, 1.807) is 6.07 Å². The summed E-state index contributed by atoms with van der Waals surface area (Å²) in [5.41, 5.74) is 0.0572. The molecule has 0 bridgehead atoms. The molecule has 0 fully saturated rings. The van der Waals surface area contributed by atoms with Crippen LogP contribution in [0.4, 0.5) is 8.78 Å². The normalized spacial score (nSPS) is 12.2. The van der Waals surface area contributed by atoms with Gasteiger partial charge in [0.25, 0.3) is 0 Å². The molecule has 0 radical (unpaired) electrons. The Morgan fingerprint density at radius 3 is 2.50 bits per heavy atom. The maximum atomic E-state index is 13.6. The molecule has 0 amide bonds. The van der Waals surface area contributed by atoms with Gasteiger partial charge in [0.05, 0.1) is 11.7 Å². The summed E-state index contributed by atoms with van der Waals surface area (Å²) in [6.45, 7) is 1.44. The molecule has 0 spiro atoms. The van der Waals surface area contributed by atoms with Crippen LogP contribution in [-0.2, 0) is 0 Å². The molecule has 0 aliphatic carbocycles. The largest absolute Gasteiger partial charge is 0.457 e. The fourth-order valence-electron chi connectivity index (χ4n) is 1.67. The van der Waals surface area contributed by atoms with Crippen LogP contribution in [0.5, 0.6) is 11.5 Å². The van der Waals surface area contributed by atoms with Gasteiger partial charge in [0.15, 0.2) is 0 Å². The summed E-state index contributed by atoms with van der Waals surface area (Å²) in [5, 5.41) is 9.52. The lowest BCUT2D eigenvalue weighted by molar-refractivity contribution is 0.190. The second-order valence-corrected chi connectivity index (χ2v) is 3.89. The van der Waals surface area contributed by atoms with Crippen LogP contribution >= 0.6 is 0 Å². The third-order valence-electron chi connectivity index (χ3n) is 2.45. The molecule has 2 aromatic rings. The number of aliphatic hydroxyl groups excluding tert-OH is 1. The van der Waals surface area contributed by atoms with Gasteiger partial charge >= 0.3 is 0 Å². The molecule has 18 heavy (non-hydrogen) atoms. The van der Waals surface area contributed by atoms with E-state index in [0.717, 1.165) is 0 Å². The van der Waals surface area contributed by atoms with Gasteiger partial charge in [0.1, 0.15) is 23.1 Å². The van der Waals surface area contributed by atoms with Crippen LogP contribution in [0, 0.1) is 11.6 Å². The summed E-state index contributed by atoms with van der Waals surface area (Å²) in [6.07, 6.45) is -1.00. The van der Waals surface area contributed by atoms with Crippen molar-refractivity contribution in [3.63, 3.8) is 0 Å². The predicted molar refractivity (Wildman–Crippen MR) is 63.5 cm³/mol. The van der Waals surface area contributed by atoms with Gasteiger partial charge in [-0.15, -0.1) is 0 Å². The van der Waals surface area contributed by atoms with E-state index in [0.29, 0.717) is 0 Å². The maximum Gasteiger partial charge on any atom is 0.136 e. The summed E-state index contributed by atoms with van der Waals surface area (Å²) < 4.78 is 32.0. The van der Waals surface area contributed by atoms with Gasteiger partial charge in [-0.05, 0) is 31.2 Å². The Bertz CT molecular complexity index is 553. The molecular weight excluding hydrogens is 238 g/mol. The summed E-state index contributed by atoms with van der Waals surface area (Å²) in [4.78, 5) is 0. The summed E-state index contributed by atoms with van der Waals surface area (Å²) >= 11 is 0. The van der Waals surface area contributed by atoms with Crippen LogP contribution in [0.1, 0.15) is 18.6 Å². The Kier molecular flexibility index (Phi) is 3.58. The van der Waals surface area contributed by atoms with Crippen molar-refractivity contribution in [3.05, 3.63) is 59.7 Å². The molecule has 0 heterocycles. The van der Waals surface area contributed by atoms with Crippen LogP contribution in [0.25, 0.3) is 0 Å². The van der Waals surface area contributed by atoms with E-state index >= 15 is 0 Å². The number of aliphatic hydroxyl groups is 1. The molecule has 1 N–H and O–H groups in total. The van der Waals surface area contributed by atoms with Gasteiger partial charge < -0.3 is 9.84 Å². The SMILES string of the molecule is CC(O)c1c(F)cccc1Oc1cccc(F)c1. The third-order valence-corrected chi connectivity index (χ3v) is 2.45. The zero-order valence-corrected chi connectivity index (χ0v) is 9.73. The number of hydrogen-bond acceptors (Lipinski definition) is 2. The van der Waals surface area contributed by atoms with Crippen molar-refractivity contribution in [3.8, 4) is 11.5 Å². The van der Waals surface area contributed by atoms with Crippen LogP contribution in [0.15, 0.2) is 42.5 Å². The smallest absolute Gasteiger partial charge is 0.136 e. The molecule has 0 saturated carbocycles. The standard InChI is InChI=1S/C14H12F2O2/c1-9(17)14-12(16)6-3-7-13(14)18-11-5-2-4-10(15)8-11/h2-9,17H,1H3. The van der Waals surface area contributed by atoms with Crippen molar-refractivity contribution in [1.82, 2.24) is 0 Å². The topological polar surface area (TPSA) is 29.5 Å². The molecule has 0 aromatic heterocycles. The molecule has 94 valence electrons. The van der Waals surface area contributed by atoms with E-state index in [2.05, 4.69) is 0 Å². The van der Waals surface area contributed by atoms with Gasteiger partial charge in [-0.3, -0.25) is 0 Å². The molecule has 2 rings (SSSR count). The molecule has 1 atom stereocenters. The molecule has 0 aliphatic heterocycles. The van der Waals surface area contributed by atoms with Gasteiger partial charge in [0, 0.05) is 6.07 Å². The molecule has 1 unspecified atom stereocenters. The lowest BCUT2D eigenvalue weighted by Gasteiger charge is -2.13. The van der Waals surface area contributed by atoms with Gasteiger partial charge in [-0.1, -0.05) is 12.1 Å². The molecule has 0 aliphatic rings. The number of ether oxygens (including phenoxy) is 1. The molecule has 2 aromatic carbocycles. The van der Waals surface area contributed by atoms with E-state index in [1.807, 2.05) is 0 Å². The van der Waals surface area contributed by atoms with Crippen molar-refractivity contribution >= 4 is 0 Å². The fourth-order valence-corrected chi connectivity index (χ4v) is 1.67. The quantitative estimate of drug-likeness (QED) is 0.897. The first-order chi connectivity index (χ1) is 8.58. The van der Waals surface area contributed by atoms with Crippen molar-refractivity contribution in [2.75, 3.05) is 0 Å². The van der Waals surface area contributed by atoms with E-state index in [9.17, 15) is 13.9 Å². The monoisotopic (exact) mass is 250 g/mol. The maximum absolute atomic E-state index is 13.6. The Morgan fingerprint density at radius 2 is 1.83 bits per heavy atom. The molecule has 2 nitrogen and oxygen atoms in total. The molecule has 4 heteroatoms. The average molecular weight is 250 g/mol. The number of halogens is 2. The highest BCUT2D eigenvalue weighted by Crippen LogP contribution is 2.31. The van der Waals surface area contributed by atoms with Crippen molar-refractivity contribution in [2.24, 2.45) is 0 Å². The first kappa shape index (κ1) is 12.5. The Labute approximate surface area is 103 Å². The minimum Gasteiger partial charge on any atom is -0.457 e. The zero-order valence-electron chi connectivity index (χ0n) is 9.73. The second-order valence-electron chi connectivity index (χ2n) is 3.89. The van der Waals surface area contributed by atoms with Crippen molar-refractivity contribution < 1.29 is 18.6 Å². The van der Waals surface area contributed by atoms with Gasteiger partial charge in [-0.25, -0.2) is 8.78 Å². The first-order valence-corrected chi connectivity index (χ1v) is 5.48. The van der Waals surface area contributed by atoms with Crippen LogP contribution in [-0.4, -0.2) is 5.11 Å². The minimum atomic E-state index is -1.00. The van der Waals surface area contributed by atoms with Crippen LogP contribution < -0.4 is 4.74 Å². The Hall–Kier alpha value is -1.94. The van der Waals surface area contributed by atoms with E-state index in [-0.39, 0.29) is 17.1 Å². The highest BCUT2D eigenvalue weighted by Gasteiger charge is 2.15. The van der Waals surface area contributed by atoms with Crippen molar-refractivity contribution in [2.45, 2.75) is 13.0 Å². The Morgan fingerprint density at radius 1 is 1.11 bits per heavy atom. The van der Waals surface area contributed by atoms with Gasteiger partial charge in [0.2, 0.25) is 0 Å². The average Bonchev–Trinajstić information content (AvgIpc) is 2.28. The zero-order chi connectivity index (χ0) is 13.1. The number of benzene rings is 2. The summed E-state index contributed by atoms with van der Waals surface area (Å²) in [5.74, 6) is -0.570. The van der Waals surface area contributed by atoms with Crippen molar-refractivity contribution in [1.29, 1.82) is 0 Å². The summed E-state index contributed by atoms with van der Waals surface area (Å²) in [6, 6.07) is 9.75. The highest BCUT2D eigenvalue weighted by molar-refractivity contribution is 5.39. The second kappa shape index (κ2) is 5.14. The van der Waals surface area contributed by atoms with Crippen LogP contribution in [0.3, 0.4) is 0 Å². The lowest BCUT2D eigenvalue weighted by atomic mass is 10.1. The molecular formula is C14H12F2O2. The Balaban J connectivity index is 2.37. The van der Waals surface area contributed by atoms with E-state index in [1.165, 1.54) is 43.3 Å². The number of hydrogen-bond donors (Lipinski definition) is 1. The summed E-state index contributed by atoms with van der Waals surface area (Å²) in [7, 11) is 0. The minimum absolute atomic E-state index is 0.0572.